The predicted octanol–water partition coefficient (Wildman–Crippen LogP) is 4.24. The summed E-state index contributed by atoms with van der Waals surface area (Å²) in [5.74, 6) is -2.31. The summed E-state index contributed by atoms with van der Waals surface area (Å²) in [4.78, 5) is 82.6. The Morgan fingerprint density at radius 3 is 1.44 bits per heavy atom. The lowest BCUT2D eigenvalue weighted by molar-refractivity contribution is -0.133. The minimum absolute atomic E-state index is 0.00107. The molecule has 0 radical (unpaired) electrons. The molecule has 4 aliphatic rings. The molecule has 6 amide bonds. The molecule has 4 aromatic rings. The summed E-state index contributed by atoms with van der Waals surface area (Å²) < 4.78 is 22.7. The van der Waals surface area contributed by atoms with E-state index in [-0.39, 0.29) is 51.3 Å². The third-order valence-corrected chi connectivity index (χ3v) is 12.3. The van der Waals surface area contributed by atoms with Crippen molar-refractivity contribution in [3.05, 3.63) is 126 Å². The van der Waals surface area contributed by atoms with E-state index >= 15 is 0 Å². The van der Waals surface area contributed by atoms with Crippen LogP contribution in [0.2, 0.25) is 0 Å². The van der Waals surface area contributed by atoms with Gasteiger partial charge in [0.15, 0.2) is 0 Å². The van der Waals surface area contributed by atoms with Crippen LogP contribution in [0.3, 0.4) is 0 Å². The number of ether oxygens (including phenoxy) is 4. The Kier molecular flexibility index (Phi) is 19.6. The average molecular weight is 979 g/mol. The van der Waals surface area contributed by atoms with E-state index in [9.17, 15) is 39.0 Å². The molecule has 71 heavy (non-hydrogen) atoms. The Morgan fingerprint density at radius 1 is 0.577 bits per heavy atom. The van der Waals surface area contributed by atoms with Gasteiger partial charge in [-0.05, 0) is 103 Å². The lowest BCUT2D eigenvalue weighted by atomic mass is 9.90. The van der Waals surface area contributed by atoms with Crippen molar-refractivity contribution in [2.45, 2.75) is 121 Å². The largest absolute Gasteiger partial charge is 0.494 e. The van der Waals surface area contributed by atoms with Gasteiger partial charge in [0, 0.05) is 0 Å². The van der Waals surface area contributed by atoms with Crippen LogP contribution in [0.15, 0.2) is 109 Å². The fourth-order valence-corrected chi connectivity index (χ4v) is 8.23. The molecule has 0 fully saturated rings. The Balaban J connectivity index is 1.24. The van der Waals surface area contributed by atoms with Gasteiger partial charge in [-0.3, -0.25) is 19.2 Å². The third-order valence-electron chi connectivity index (χ3n) is 12.3. The summed E-state index contributed by atoms with van der Waals surface area (Å²) in [6, 6.07) is 24.4. The van der Waals surface area contributed by atoms with Crippen molar-refractivity contribution in [3.63, 3.8) is 0 Å². The number of hydrogen-bond acceptors (Lipinski definition) is 12. The van der Waals surface area contributed by atoms with Crippen LogP contribution in [-0.2, 0) is 43.4 Å². The molecule has 4 bridgehead atoms. The fourth-order valence-electron chi connectivity index (χ4n) is 8.23. The second-order valence-electron chi connectivity index (χ2n) is 18.5. The van der Waals surface area contributed by atoms with Crippen LogP contribution < -0.4 is 46.1 Å². The zero-order valence-electron chi connectivity index (χ0n) is 40.5. The Morgan fingerprint density at radius 2 is 1.00 bits per heavy atom. The highest BCUT2D eigenvalue weighted by Crippen LogP contribution is 2.22. The van der Waals surface area contributed by atoms with E-state index in [4.69, 9.17) is 18.9 Å². The molecular weight excluding hydrogens is 913 g/mol. The quantitative estimate of drug-likeness (QED) is 0.111. The SMILES string of the molecule is CC(C)C1NC(=O)C(NC(=O)Oc2ccccc2)CCCOc2ccc(cc2)C[C@@H](C(O)C(O)[C@@H]2Cc3ccc(cc3)OCCC[C@H](NC(=O)OCc3ccccc3)C(=O)NC(C(C)C)C(=O)N2)NC1=O. The summed E-state index contributed by atoms with van der Waals surface area (Å²) in [6.07, 6.45) is -4.16. The van der Waals surface area contributed by atoms with Crippen molar-refractivity contribution in [1.29, 1.82) is 0 Å². The van der Waals surface area contributed by atoms with Gasteiger partial charge in [-0.25, -0.2) is 9.59 Å². The number of amides is 6. The maximum absolute atomic E-state index is 14.4. The molecule has 8 atom stereocenters. The molecule has 4 heterocycles. The van der Waals surface area contributed by atoms with Gasteiger partial charge >= 0.3 is 12.2 Å². The fraction of sp³-hybridized carbons (Fsp3) is 0.434. The van der Waals surface area contributed by atoms with Crippen molar-refractivity contribution in [2.75, 3.05) is 13.2 Å². The van der Waals surface area contributed by atoms with Crippen LogP contribution in [-0.4, -0.2) is 108 Å². The number of para-hydroxylation sites is 1. The number of hydrogen-bond donors (Lipinski definition) is 8. The van der Waals surface area contributed by atoms with Crippen molar-refractivity contribution < 1.29 is 57.9 Å². The first-order valence-electron chi connectivity index (χ1n) is 24.1. The second-order valence-corrected chi connectivity index (χ2v) is 18.5. The summed E-state index contributed by atoms with van der Waals surface area (Å²) >= 11 is 0. The van der Waals surface area contributed by atoms with Crippen LogP contribution in [0, 0.1) is 11.8 Å². The van der Waals surface area contributed by atoms with Gasteiger partial charge in [-0.15, -0.1) is 0 Å². The Labute approximate surface area is 413 Å². The van der Waals surface area contributed by atoms with E-state index in [1.165, 1.54) is 0 Å². The third kappa shape index (κ3) is 16.2. The van der Waals surface area contributed by atoms with E-state index < -0.39 is 96.1 Å². The first kappa shape index (κ1) is 53.2. The number of aliphatic hydroxyl groups is 2. The van der Waals surface area contributed by atoms with Gasteiger partial charge in [-0.1, -0.05) is 100 Å². The van der Waals surface area contributed by atoms with Crippen LogP contribution in [0.5, 0.6) is 17.2 Å². The van der Waals surface area contributed by atoms with E-state index in [1.54, 1.807) is 119 Å². The number of rotatable bonds is 10. The summed E-state index contributed by atoms with van der Waals surface area (Å²) in [7, 11) is 0. The van der Waals surface area contributed by atoms with Crippen molar-refractivity contribution in [3.8, 4) is 17.2 Å². The first-order valence-corrected chi connectivity index (χ1v) is 24.1. The molecule has 0 aromatic heterocycles. The normalized spacial score (nSPS) is 22.6. The van der Waals surface area contributed by atoms with Gasteiger partial charge in [-0.2, -0.15) is 0 Å². The lowest BCUT2D eigenvalue weighted by Gasteiger charge is -2.35. The summed E-state index contributed by atoms with van der Waals surface area (Å²) in [5.41, 5.74) is 2.09. The number of fused-ring (bicyclic) bond motifs is 26. The number of benzene rings is 4. The lowest BCUT2D eigenvalue weighted by Crippen LogP contribution is -2.62. The molecule has 0 spiro atoms. The minimum Gasteiger partial charge on any atom is -0.494 e. The second kappa shape index (κ2) is 26.1. The Hall–Kier alpha value is -7.18. The molecule has 8 N–H and O–H groups in total. The molecule has 4 aromatic carbocycles. The summed E-state index contributed by atoms with van der Waals surface area (Å²) in [5, 5.41) is 41.1. The van der Waals surface area contributed by atoms with E-state index in [1.807, 2.05) is 18.2 Å². The number of alkyl carbamates (subject to hydrolysis) is 1. The molecule has 4 aliphatic heterocycles. The standard InChI is InChI=1S/C53H66N6O12/c1-32(2)44-50(64)54-42(29-34-19-23-37(24-20-34)68-27-11-17-40(48(62)58-44)56-52(66)70-31-36-13-7-5-8-14-36)46(60)47(61)43-30-35-21-25-38(26-22-35)69-28-12-18-41(49(63)59-45(33(3)4)51(65)55-43)57-53(67)71-39-15-9-6-10-16-39/h5-10,13-16,19-26,32-33,40-47,60-61H,11-12,17-18,27-31H2,1-4H3,(H,54,64)(H,55,65)(H,56,66)(H,57,67)(H,58,62)(H,59,63)/t40-,41?,42-,43-,44?,45?,46?,47?/m0/s1. The predicted molar refractivity (Wildman–Crippen MR) is 262 cm³/mol. The van der Waals surface area contributed by atoms with Gasteiger partial charge in [0.05, 0.1) is 25.3 Å². The maximum Gasteiger partial charge on any atom is 0.413 e. The van der Waals surface area contributed by atoms with Crippen LogP contribution in [0.4, 0.5) is 9.59 Å². The highest BCUT2D eigenvalue weighted by atomic mass is 16.6. The smallest absolute Gasteiger partial charge is 0.413 e. The molecule has 18 nitrogen and oxygen atoms in total. The van der Waals surface area contributed by atoms with Gasteiger partial charge < -0.3 is 61.1 Å². The van der Waals surface area contributed by atoms with Crippen LogP contribution in [0.25, 0.3) is 0 Å². The highest BCUT2D eigenvalue weighted by Gasteiger charge is 2.39. The van der Waals surface area contributed by atoms with Crippen molar-refractivity contribution in [1.82, 2.24) is 31.9 Å². The summed E-state index contributed by atoms with van der Waals surface area (Å²) in [6.45, 7) is 7.30. The molecular formula is C53H66N6O12. The molecule has 8 rings (SSSR count). The van der Waals surface area contributed by atoms with Crippen LogP contribution >= 0.6 is 0 Å². The topological polar surface area (TPSA) is 252 Å². The van der Waals surface area contributed by atoms with Gasteiger partial charge in [0.2, 0.25) is 23.6 Å². The molecule has 380 valence electrons. The average Bonchev–Trinajstić information content (AvgIpc) is 3.35. The first-order chi connectivity index (χ1) is 34.1. The van der Waals surface area contributed by atoms with E-state index in [0.717, 1.165) is 5.56 Å². The monoisotopic (exact) mass is 978 g/mol. The zero-order valence-corrected chi connectivity index (χ0v) is 40.5. The molecule has 0 aliphatic carbocycles. The molecule has 18 heteroatoms. The Bertz CT molecular complexity index is 2370. The van der Waals surface area contributed by atoms with Gasteiger partial charge in [0.25, 0.3) is 0 Å². The molecule has 0 saturated heterocycles. The number of carbonyl (C=O) groups is 6. The molecule has 0 saturated carbocycles. The number of carbonyl (C=O) groups excluding carboxylic acids is 6. The van der Waals surface area contributed by atoms with Crippen molar-refractivity contribution in [2.24, 2.45) is 11.8 Å². The van der Waals surface area contributed by atoms with Gasteiger partial charge in [0.1, 0.15) is 60.2 Å². The van der Waals surface area contributed by atoms with Crippen LogP contribution in [0.1, 0.15) is 70.1 Å². The number of nitrogens with one attached hydrogen (secondary N) is 6. The van der Waals surface area contributed by atoms with E-state index in [0.29, 0.717) is 35.5 Å². The highest BCUT2D eigenvalue weighted by molar-refractivity contribution is 5.92. The van der Waals surface area contributed by atoms with Crippen molar-refractivity contribution >= 4 is 35.8 Å². The molecule has 5 unspecified atom stereocenters. The minimum atomic E-state index is -1.74. The maximum atomic E-state index is 14.4. The number of aliphatic hydroxyl groups excluding tert-OH is 2. The zero-order chi connectivity index (χ0) is 50.9. The van der Waals surface area contributed by atoms with E-state index in [2.05, 4.69) is 31.9 Å².